The van der Waals surface area contributed by atoms with E-state index in [-0.39, 0.29) is 16.5 Å². The van der Waals surface area contributed by atoms with Crippen LogP contribution < -0.4 is 0 Å². The van der Waals surface area contributed by atoms with Gasteiger partial charge in [0, 0.05) is 0 Å². The number of hydrogen-bond donors (Lipinski definition) is 0. The topological polar surface area (TPSA) is 0 Å². The van der Waals surface area contributed by atoms with Crippen LogP contribution in [0.5, 0.6) is 0 Å². The van der Waals surface area contributed by atoms with E-state index >= 15 is 0 Å². The Morgan fingerprint density at radius 2 is 1.50 bits per heavy atom. The van der Waals surface area contributed by atoms with Crippen LogP contribution in [0.2, 0.25) is 0 Å². The number of rotatable bonds is 0. The zero-order valence-electron chi connectivity index (χ0n) is 3.20. The summed E-state index contributed by atoms with van der Waals surface area (Å²) in [5.74, 6) is 0. The maximum absolute atomic E-state index is 2.00. The van der Waals surface area contributed by atoms with Gasteiger partial charge in [-0.15, -0.1) is 0 Å². The van der Waals surface area contributed by atoms with E-state index in [1.807, 2.05) is 30.3 Å². The number of hydrogen-bond acceptors (Lipinski definition) is 0. The summed E-state index contributed by atoms with van der Waals surface area (Å²) in [6.07, 6.45) is 0. The smallest absolute Gasteiger partial charge is 0.214 e. The van der Waals surface area contributed by atoms with Crippen molar-refractivity contribution in [3.63, 3.8) is 0 Å². The first-order valence-corrected chi connectivity index (χ1v) is 1.67. The van der Waals surface area contributed by atoms with Gasteiger partial charge in [0.15, 0.2) is 0 Å². The van der Waals surface area contributed by atoms with Crippen LogP contribution >= 0.6 is 0 Å². The molecule has 0 heterocycles. The molecule has 0 atom stereocenters. The van der Waals surface area contributed by atoms with Crippen LogP contribution in [0.3, 0.4) is 0 Å². The standard InChI is InChI=1S/C5H5.Ni/c1-2-4-5-3-1;/h1-5H;/q-1;+2. The van der Waals surface area contributed by atoms with E-state index in [4.69, 9.17) is 0 Å². The maximum atomic E-state index is 2.00. The molecule has 1 aromatic rings. The molecule has 0 amide bonds. The van der Waals surface area contributed by atoms with Crippen molar-refractivity contribution in [3.8, 4) is 0 Å². The summed E-state index contributed by atoms with van der Waals surface area (Å²) in [7, 11) is 0. The van der Waals surface area contributed by atoms with Gasteiger partial charge in [0.25, 0.3) is 0 Å². The van der Waals surface area contributed by atoms with Crippen LogP contribution in [0.4, 0.5) is 0 Å². The fourth-order valence-corrected chi connectivity index (χ4v) is 0.321. The largest absolute Gasteiger partial charge is 2.00 e. The summed E-state index contributed by atoms with van der Waals surface area (Å²) >= 11 is 0. The third-order valence-corrected chi connectivity index (χ3v) is 0.556. The van der Waals surface area contributed by atoms with E-state index in [1.165, 1.54) is 0 Å². The van der Waals surface area contributed by atoms with E-state index in [9.17, 15) is 0 Å². The Labute approximate surface area is 47.5 Å². The molecule has 34 valence electrons. The Bertz CT molecular complexity index is 60.4. The Balaban J connectivity index is 0.000000250. The van der Waals surface area contributed by atoms with Gasteiger partial charge < -0.3 is 0 Å². The molecule has 6 heavy (non-hydrogen) atoms. The van der Waals surface area contributed by atoms with Gasteiger partial charge in [-0.2, -0.15) is 18.2 Å². The maximum Gasteiger partial charge on any atom is 2.00 e. The summed E-state index contributed by atoms with van der Waals surface area (Å²) in [5.41, 5.74) is 0. The van der Waals surface area contributed by atoms with Gasteiger partial charge in [0.1, 0.15) is 0 Å². The van der Waals surface area contributed by atoms with E-state index in [2.05, 4.69) is 0 Å². The predicted octanol–water partition coefficient (Wildman–Crippen LogP) is 1.40. The van der Waals surface area contributed by atoms with E-state index in [0.29, 0.717) is 0 Å². The SMILES string of the molecule is [Ni+2].c1cc[cH-]c1. The molecule has 0 aliphatic rings. The minimum Gasteiger partial charge on any atom is -0.214 e. The Morgan fingerprint density at radius 3 is 1.67 bits per heavy atom. The molecule has 0 aliphatic carbocycles. The second-order valence-corrected chi connectivity index (χ2v) is 0.962. The summed E-state index contributed by atoms with van der Waals surface area (Å²) in [6, 6.07) is 10.0. The van der Waals surface area contributed by atoms with Crippen molar-refractivity contribution in [3.05, 3.63) is 30.3 Å². The minimum absolute atomic E-state index is 0. The zero-order valence-corrected chi connectivity index (χ0v) is 4.19. The van der Waals surface area contributed by atoms with Crippen LogP contribution in [0.25, 0.3) is 0 Å². The van der Waals surface area contributed by atoms with Crippen molar-refractivity contribution in [1.82, 2.24) is 0 Å². The quantitative estimate of drug-likeness (QED) is 0.362. The summed E-state index contributed by atoms with van der Waals surface area (Å²) in [6.45, 7) is 0. The van der Waals surface area contributed by atoms with Gasteiger partial charge in [-0.3, -0.25) is 0 Å². The van der Waals surface area contributed by atoms with Crippen LogP contribution in [0.15, 0.2) is 30.3 Å². The molecular formula is C5H5Ni+. The Hall–Kier alpha value is -0.156. The summed E-state index contributed by atoms with van der Waals surface area (Å²) in [5, 5.41) is 0. The van der Waals surface area contributed by atoms with Crippen molar-refractivity contribution in [2.24, 2.45) is 0 Å². The molecule has 0 saturated carbocycles. The van der Waals surface area contributed by atoms with Crippen LogP contribution in [-0.4, -0.2) is 0 Å². The molecule has 0 spiro atoms. The predicted molar refractivity (Wildman–Crippen MR) is 22.0 cm³/mol. The molecule has 1 rings (SSSR count). The van der Waals surface area contributed by atoms with Crippen molar-refractivity contribution >= 4 is 0 Å². The summed E-state index contributed by atoms with van der Waals surface area (Å²) in [4.78, 5) is 0. The molecule has 0 bridgehead atoms. The molecule has 0 nitrogen and oxygen atoms in total. The molecule has 0 aliphatic heterocycles. The van der Waals surface area contributed by atoms with Crippen LogP contribution in [-0.2, 0) is 16.5 Å². The van der Waals surface area contributed by atoms with Gasteiger partial charge >= 0.3 is 16.5 Å². The van der Waals surface area contributed by atoms with Crippen molar-refractivity contribution in [2.45, 2.75) is 0 Å². The molecular weight excluding hydrogens is 119 g/mol. The minimum atomic E-state index is 0. The van der Waals surface area contributed by atoms with E-state index in [0.717, 1.165) is 0 Å². The first-order valence-electron chi connectivity index (χ1n) is 1.67. The Kier molecular flexibility index (Phi) is 2.97. The van der Waals surface area contributed by atoms with Crippen LogP contribution in [0.1, 0.15) is 0 Å². The fraction of sp³-hybridized carbons (Fsp3) is 0. The van der Waals surface area contributed by atoms with Crippen molar-refractivity contribution in [1.29, 1.82) is 0 Å². The third-order valence-electron chi connectivity index (χ3n) is 0.556. The van der Waals surface area contributed by atoms with Gasteiger partial charge in [-0.25, -0.2) is 12.1 Å². The van der Waals surface area contributed by atoms with Crippen molar-refractivity contribution in [2.75, 3.05) is 0 Å². The molecule has 0 radical (unpaired) electrons. The van der Waals surface area contributed by atoms with Gasteiger partial charge in [0.2, 0.25) is 0 Å². The summed E-state index contributed by atoms with van der Waals surface area (Å²) < 4.78 is 0. The molecule has 1 aromatic carbocycles. The van der Waals surface area contributed by atoms with Gasteiger partial charge in [0.05, 0.1) is 0 Å². The van der Waals surface area contributed by atoms with Crippen molar-refractivity contribution < 1.29 is 16.5 Å². The van der Waals surface area contributed by atoms with E-state index in [1.54, 1.807) is 0 Å². The second-order valence-electron chi connectivity index (χ2n) is 0.962. The van der Waals surface area contributed by atoms with Gasteiger partial charge in [-0.1, -0.05) is 0 Å². The Morgan fingerprint density at radius 1 is 1.00 bits per heavy atom. The fourth-order valence-electron chi connectivity index (χ4n) is 0.321. The van der Waals surface area contributed by atoms with Gasteiger partial charge in [-0.05, 0) is 0 Å². The van der Waals surface area contributed by atoms with E-state index < -0.39 is 0 Å². The molecule has 0 N–H and O–H groups in total. The molecule has 0 saturated heterocycles. The van der Waals surface area contributed by atoms with Crippen LogP contribution in [0, 0.1) is 0 Å². The molecule has 0 unspecified atom stereocenters. The molecule has 0 aromatic heterocycles. The zero-order chi connectivity index (χ0) is 3.54. The average Bonchev–Trinajstić information content (AvgIpc) is 1.76. The first kappa shape index (κ1) is 5.84. The first-order chi connectivity index (χ1) is 2.50. The monoisotopic (exact) mass is 123 g/mol. The average molecular weight is 124 g/mol. The second kappa shape index (κ2) is 3.05. The normalized spacial score (nSPS) is 6.67. The third kappa shape index (κ3) is 1.32. The molecule has 0 fully saturated rings. The molecule has 1 heteroatoms.